The van der Waals surface area contributed by atoms with Gasteiger partial charge in [-0.2, -0.15) is 0 Å². The van der Waals surface area contributed by atoms with Crippen LogP contribution in [0.4, 0.5) is 0 Å². The number of aromatic hydroxyl groups is 2. The Morgan fingerprint density at radius 3 is 2.31 bits per heavy atom. The highest BCUT2D eigenvalue weighted by Gasteiger charge is 2.69. The monoisotopic (exact) mass is 576 g/mol. The van der Waals surface area contributed by atoms with Crippen molar-refractivity contribution in [1.29, 1.82) is 0 Å². The molecule has 0 aromatic heterocycles. The van der Waals surface area contributed by atoms with Gasteiger partial charge in [0.25, 0.3) is 0 Å². The number of carbonyl (C=O) groups is 1. The number of phenols is 2. The van der Waals surface area contributed by atoms with E-state index in [0.29, 0.717) is 6.54 Å². The summed E-state index contributed by atoms with van der Waals surface area (Å²) in [6, 6.07) is 10.4. The summed E-state index contributed by atoms with van der Waals surface area (Å²) in [6.07, 6.45) is 10.9. The molecule has 0 aliphatic heterocycles. The number of benzene rings is 2. The first-order valence-corrected chi connectivity index (χ1v) is 16.6. The highest BCUT2D eigenvalue weighted by molar-refractivity contribution is 5.75. The van der Waals surface area contributed by atoms with Gasteiger partial charge in [-0.1, -0.05) is 91.5 Å². The van der Waals surface area contributed by atoms with Crippen LogP contribution in [0.1, 0.15) is 115 Å². The quantitative estimate of drug-likeness (QED) is 0.166. The number of amides is 1. The average Bonchev–Trinajstić information content (AvgIpc) is 3.79. The number of hydrogen-bond acceptors (Lipinski definition) is 4. The molecule has 4 atom stereocenters. The van der Waals surface area contributed by atoms with Crippen molar-refractivity contribution in [1.82, 2.24) is 10.6 Å². The zero-order valence-corrected chi connectivity index (χ0v) is 27.3. The van der Waals surface area contributed by atoms with Gasteiger partial charge in [0.15, 0.2) is 11.5 Å². The summed E-state index contributed by atoms with van der Waals surface area (Å²) in [5, 5.41) is 29.1. The minimum absolute atomic E-state index is 0.0241. The maximum Gasteiger partial charge on any atom is 0.217 e. The van der Waals surface area contributed by atoms with Gasteiger partial charge in [-0.25, -0.2) is 0 Å². The summed E-state index contributed by atoms with van der Waals surface area (Å²) in [7, 11) is 0. The number of fused-ring (bicyclic) bond motifs is 4. The molecule has 3 aliphatic rings. The lowest BCUT2D eigenvalue weighted by atomic mass is 9.60. The largest absolute Gasteiger partial charge is 0.504 e. The third-order valence-corrected chi connectivity index (χ3v) is 11.0. The molecular formula is C37H56N2O3. The molecule has 232 valence electrons. The van der Waals surface area contributed by atoms with Crippen LogP contribution in [-0.4, -0.2) is 34.7 Å². The Hall–Kier alpha value is -2.53. The van der Waals surface area contributed by atoms with Gasteiger partial charge in [0.1, 0.15) is 0 Å². The number of carbonyl (C=O) groups excluding carboxylic acids is 1. The topological polar surface area (TPSA) is 81.6 Å². The minimum Gasteiger partial charge on any atom is -0.504 e. The van der Waals surface area contributed by atoms with E-state index in [1.807, 2.05) is 6.07 Å². The van der Waals surface area contributed by atoms with E-state index in [1.165, 1.54) is 36.0 Å². The van der Waals surface area contributed by atoms with Crippen LogP contribution in [0.15, 0.2) is 30.3 Å². The van der Waals surface area contributed by atoms with Crippen molar-refractivity contribution in [2.45, 2.75) is 124 Å². The molecule has 0 radical (unpaired) electrons. The molecule has 1 amide bonds. The van der Waals surface area contributed by atoms with Crippen LogP contribution in [-0.2, 0) is 35.9 Å². The van der Waals surface area contributed by atoms with Crippen LogP contribution in [0.5, 0.6) is 11.5 Å². The predicted octanol–water partition coefficient (Wildman–Crippen LogP) is 7.38. The van der Waals surface area contributed by atoms with E-state index in [4.69, 9.17) is 0 Å². The fraction of sp³-hybridized carbons (Fsp3) is 0.649. The van der Waals surface area contributed by atoms with E-state index in [0.717, 1.165) is 68.5 Å². The fourth-order valence-corrected chi connectivity index (χ4v) is 8.61. The lowest BCUT2D eigenvalue weighted by Crippen LogP contribution is -2.65. The summed E-state index contributed by atoms with van der Waals surface area (Å²) in [6.45, 7) is 16.5. The molecule has 5 nitrogen and oxygen atoms in total. The molecule has 0 heterocycles. The summed E-state index contributed by atoms with van der Waals surface area (Å²) < 4.78 is 0. The molecule has 5 heteroatoms. The maximum atomic E-state index is 12.7. The molecule has 4 N–H and O–H groups in total. The molecule has 2 aromatic carbocycles. The summed E-state index contributed by atoms with van der Waals surface area (Å²) in [5.41, 5.74) is 5.01. The molecule has 3 aliphatic carbocycles. The SMILES string of the molecule is CCC1CC1.CCCC1(NC(C)=O)C(C)C2(C)Cc3ccc(O)c(O)c3C1(CNCCc1ccc(CC)c(CC)c1)C2. The number of hydrogen-bond donors (Lipinski definition) is 4. The smallest absolute Gasteiger partial charge is 0.217 e. The van der Waals surface area contributed by atoms with Crippen LogP contribution >= 0.6 is 0 Å². The van der Waals surface area contributed by atoms with Crippen LogP contribution in [0, 0.1) is 17.3 Å². The Morgan fingerprint density at radius 2 is 1.74 bits per heavy atom. The van der Waals surface area contributed by atoms with Crippen molar-refractivity contribution >= 4 is 5.91 Å². The van der Waals surface area contributed by atoms with E-state index >= 15 is 0 Å². The third kappa shape index (κ3) is 5.96. The molecule has 2 saturated carbocycles. The normalized spacial score (nSPS) is 27.6. The number of aryl methyl sites for hydroxylation is 2. The zero-order valence-electron chi connectivity index (χ0n) is 27.3. The van der Waals surface area contributed by atoms with Gasteiger partial charge < -0.3 is 20.8 Å². The van der Waals surface area contributed by atoms with Crippen LogP contribution in [0.3, 0.4) is 0 Å². The number of rotatable bonds is 11. The lowest BCUT2D eigenvalue weighted by Gasteiger charge is -2.50. The van der Waals surface area contributed by atoms with Gasteiger partial charge >= 0.3 is 0 Å². The van der Waals surface area contributed by atoms with E-state index in [-0.39, 0.29) is 28.7 Å². The molecule has 2 aromatic rings. The van der Waals surface area contributed by atoms with Crippen LogP contribution in [0.25, 0.3) is 0 Å². The second-order valence-corrected chi connectivity index (χ2v) is 13.8. The third-order valence-electron chi connectivity index (χ3n) is 11.0. The Bertz CT molecular complexity index is 1250. The first-order valence-electron chi connectivity index (χ1n) is 16.6. The highest BCUT2D eigenvalue weighted by atomic mass is 16.3. The van der Waals surface area contributed by atoms with Gasteiger partial charge in [0.2, 0.25) is 5.91 Å². The maximum absolute atomic E-state index is 12.7. The Balaban J connectivity index is 0.000000732. The second-order valence-electron chi connectivity index (χ2n) is 13.8. The van der Waals surface area contributed by atoms with Crippen molar-refractivity contribution in [2.75, 3.05) is 13.1 Å². The Morgan fingerprint density at radius 1 is 1.02 bits per heavy atom. The van der Waals surface area contributed by atoms with Gasteiger partial charge in [-0.15, -0.1) is 0 Å². The van der Waals surface area contributed by atoms with Gasteiger partial charge in [-0.3, -0.25) is 4.79 Å². The average molecular weight is 577 g/mol. The van der Waals surface area contributed by atoms with E-state index < -0.39 is 11.0 Å². The number of nitrogens with one attached hydrogen (secondary N) is 2. The van der Waals surface area contributed by atoms with Crippen LogP contribution < -0.4 is 10.6 Å². The molecule has 0 spiro atoms. The first kappa shape index (κ1) is 32.4. The van der Waals surface area contributed by atoms with Crippen molar-refractivity contribution in [3.8, 4) is 11.5 Å². The molecule has 5 rings (SSSR count). The summed E-state index contributed by atoms with van der Waals surface area (Å²) >= 11 is 0. The predicted molar refractivity (Wildman–Crippen MR) is 173 cm³/mol. The van der Waals surface area contributed by atoms with Gasteiger partial charge in [0.05, 0.1) is 5.54 Å². The van der Waals surface area contributed by atoms with Crippen molar-refractivity contribution in [2.24, 2.45) is 17.3 Å². The first-order chi connectivity index (χ1) is 20.0. The summed E-state index contributed by atoms with van der Waals surface area (Å²) in [5.74, 6) is 1.19. The van der Waals surface area contributed by atoms with Gasteiger partial charge in [0, 0.05) is 24.4 Å². The molecular weight excluding hydrogens is 520 g/mol. The number of phenolic OH excluding ortho intramolecular Hbond substituents is 2. The molecule has 2 bridgehead atoms. The standard InChI is InChI=1S/C32H46N2O3.C5H10/c1-7-15-32(34-22(5)35)21(4)30(6)18-26-12-13-27(36)29(37)28(26)31(32,19-30)20-33-16-14-23-10-11-24(8-2)25(9-3)17-23;1-2-5-3-4-5/h10-13,17,21,33,36-37H,7-9,14-16,18-20H2,1-6H3,(H,34,35);5H,2-4H2,1H3. The molecule has 42 heavy (non-hydrogen) atoms. The summed E-state index contributed by atoms with van der Waals surface area (Å²) in [4.78, 5) is 12.7. The van der Waals surface area contributed by atoms with Crippen molar-refractivity contribution in [3.63, 3.8) is 0 Å². The van der Waals surface area contributed by atoms with E-state index in [9.17, 15) is 15.0 Å². The highest BCUT2D eigenvalue weighted by Crippen LogP contribution is 2.67. The van der Waals surface area contributed by atoms with E-state index in [2.05, 4.69) is 70.4 Å². The fourth-order valence-electron chi connectivity index (χ4n) is 8.61. The molecule has 2 fully saturated rings. The van der Waals surface area contributed by atoms with Gasteiger partial charge in [-0.05, 0) is 90.6 Å². The van der Waals surface area contributed by atoms with Crippen molar-refractivity contribution in [3.05, 3.63) is 58.1 Å². The minimum atomic E-state index is -0.528. The van der Waals surface area contributed by atoms with Crippen molar-refractivity contribution < 1.29 is 15.0 Å². The van der Waals surface area contributed by atoms with Crippen LogP contribution in [0.2, 0.25) is 0 Å². The molecule has 0 saturated heterocycles. The Labute approximate surface area is 254 Å². The zero-order chi connectivity index (χ0) is 30.7. The van der Waals surface area contributed by atoms with E-state index in [1.54, 1.807) is 13.0 Å². The second kappa shape index (κ2) is 13.0. The lowest BCUT2D eigenvalue weighted by molar-refractivity contribution is -0.122. The Kier molecular flexibility index (Phi) is 10.0. The molecule has 4 unspecified atom stereocenters.